The summed E-state index contributed by atoms with van der Waals surface area (Å²) in [4.78, 5) is 0. The predicted octanol–water partition coefficient (Wildman–Crippen LogP) is 2.23. The number of hydrogen-bond acceptors (Lipinski definition) is 3. The number of rotatable bonds is 5. The topological polar surface area (TPSA) is 43.4 Å². The van der Waals surface area contributed by atoms with Crippen LogP contribution in [0.2, 0.25) is 0 Å². The standard InChI is InChI=1S/C12H18O3S/c1-10(2)11-6-4-5-7-12(11)15-8-9-16(3,13)14/h4-7,10H,8-9H2,1-3H3. The van der Waals surface area contributed by atoms with Gasteiger partial charge in [-0.05, 0) is 17.5 Å². The maximum atomic E-state index is 11.0. The molecule has 90 valence electrons. The maximum absolute atomic E-state index is 11.0. The quantitative estimate of drug-likeness (QED) is 0.795. The normalized spacial score (nSPS) is 11.8. The van der Waals surface area contributed by atoms with Crippen molar-refractivity contribution in [2.75, 3.05) is 18.6 Å². The molecule has 0 aliphatic heterocycles. The zero-order valence-electron chi connectivity index (χ0n) is 9.93. The Morgan fingerprint density at radius 2 is 1.88 bits per heavy atom. The summed E-state index contributed by atoms with van der Waals surface area (Å²) < 4.78 is 27.4. The van der Waals surface area contributed by atoms with Crippen molar-refractivity contribution in [2.24, 2.45) is 0 Å². The number of hydrogen-bond donors (Lipinski definition) is 0. The van der Waals surface area contributed by atoms with Crippen LogP contribution in [0.5, 0.6) is 5.75 Å². The summed E-state index contributed by atoms with van der Waals surface area (Å²) in [6, 6.07) is 7.72. The van der Waals surface area contributed by atoms with Gasteiger partial charge in [-0.25, -0.2) is 8.42 Å². The van der Waals surface area contributed by atoms with Crippen LogP contribution >= 0.6 is 0 Å². The van der Waals surface area contributed by atoms with Crippen LogP contribution in [0.3, 0.4) is 0 Å². The van der Waals surface area contributed by atoms with Crippen molar-refractivity contribution in [3.63, 3.8) is 0 Å². The number of sulfone groups is 1. The number of para-hydroxylation sites is 1. The summed E-state index contributed by atoms with van der Waals surface area (Å²) in [5.74, 6) is 1.20. The molecule has 0 spiro atoms. The average molecular weight is 242 g/mol. The summed E-state index contributed by atoms with van der Waals surface area (Å²) >= 11 is 0. The Morgan fingerprint density at radius 3 is 2.44 bits per heavy atom. The molecule has 1 aromatic rings. The molecule has 0 unspecified atom stereocenters. The van der Waals surface area contributed by atoms with Gasteiger partial charge in [0.1, 0.15) is 12.4 Å². The summed E-state index contributed by atoms with van der Waals surface area (Å²) in [5, 5.41) is 0. The Bertz CT molecular complexity index is 435. The molecule has 1 rings (SSSR count). The molecule has 0 saturated heterocycles. The van der Waals surface area contributed by atoms with Gasteiger partial charge < -0.3 is 4.74 Å². The van der Waals surface area contributed by atoms with Gasteiger partial charge in [0, 0.05) is 6.26 Å². The Morgan fingerprint density at radius 1 is 1.25 bits per heavy atom. The van der Waals surface area contributed by atoms with E-state index in [-0.39, 0.29) is 12.4 Å². The number of ether oxygens (including phenoxy) is 1. The van der Waals surface area contributed by atoms with Crippen molar-refractivity contribution < 1.29 is 13.2 Å². The van der Waals surface area contributed by atoms with Gasteiger partial charge in [-0.2, -0.15) is 0 Å². The Balaban J connectivity index is 2.67. The fourth-order valence-electron chi connectivity index (χ4n) is 1.39. The monoisotopic (exact) mass is 242 g/mol. The summed E-state index contributed by atoms with van der Waals surface area (Å²) in [6.45, 7) is 4.38. The van der Waals surface area contributed by atoms with E-state index in [9.17, 15) is 8.42 Å². The molecular weight excluding hydrogens is 224 g/mol. The summed E-state index contributed by atoms with van der Waals surface area (Å²) in [7, 11) is -2.95. The maximum Gasteiger partial charge on any atom is 0.150 e. The van der Waals surface area contributed by atoms with Crippen molar-refractivity contribution in [1.29, 1.82) is 0 Å². The van der Waals surface area contributed by atoms with Crippen LogP contribution < -0.4 is 4.74 Å². The van der Waals surface area contributed by atoms with Crippen LogP contribution in [0, 0.1) is 0 Å². The molecule has 1 aromatic carbocycles. The van der Waals surface area contributed by atoms with Gasteiger partial charge in [0.25, 0.3) is 0 Å². The smallest absolute Gasteiger partial charge is 0.150 e. The molecule has 0 heterocycles. The van der Waals surface area contributed by atoms with Crippen molar-refractivity contribution in [3.8, 4) is 5.75 Å². The molecule has 16 heavy (non-hydrogen) atoms. The molecular formula is C12H18O3S. The van der Waals surface area contributed by atoms with E-state index in [4.69, 9.17) is 4.74 Å². The first kappa shape index (κ1) is 13.0. The molecule has 0 amide bonds. The minimum absolute atomic E-state index is 0.0550. The fourth-order valence-corrected chi connectivity index (χ4v) is 1.78. The van der Waals surface area contributed by atoms with Gasteiger partial charge in [0.15, 0.2) is 9.84 Å². The second-order valence-corrected chi connectivity index (χ2v) is 6.43. The van der Waals surface area contributed by atoms with Crippen LogP contribution in [0.4, 0.5) is 0 Å². The third-order valence-corrected chi connectivity index (χ3v) is 3.16. The lowest BCUT2D eigenvalue weighted by atomic mass is 10.0. The van der Waals surface area contributed by atoms with Gasteiger partial charge in [-0.1, -0.05) is 32.0 Å². The average Bonchev–Trinajstić information content (AvgIpc) is 2.16. The van der Waals surface area contributed by atoms with Crippen LogP contribution in [-0.4, -0.2) is 27.0 Å². The molecule has 0 bridgehead atoms. The van der Waals surface area contributed by atoms with Gasteiger partial charge in [-0.3, -0.25) is 0 Å². The van der Waals surface area contributed by atoms with Crippen LogP contribution in [-0.2, 0) is 9.84 Å². The molecule has 0 radical (unpaired) electrons. The molecule has 3 nitrogen and oxygen atoms in total. The van der Waals surface area contributed by atoms with E-state index < -0.39 is 9.84 Å². The van der Waals surface area contributed by atoms with Crippen molar-refractivity contribution in [3.05, 3.63) is 29.8 Å². The van der Waals surface area contributed by atoms with E-state index >= 15 is 0 Å². The zero-order valence-corrected chi connectivity index (χ0v) is 10.8. The van der Waals surface area contributed by atoms with Crippen LogP contribution in [0.25, 0.3) is 0 Å². The third kappa shape index (κ3) is 4.23. The van der Waals surface area contributed by atoms with Gasteiger partial charge in [-0.15, -0.1) is 0 Å². The van der Waals surface area contributed by atoms with Gasteiger partial charge >= 0.3 is 0 Å². The fraction of sp³-hybridized carbons (Fsp3) is 0.500. The Labute approximate surface area is 97.4 Å². The van der Waals surface area contributed by atoms with Crippen molar-refractivity contribution in [2.45, 2.75) is 19.8 Å². The highest BCUT2D eigenvalue weighted by molar-refractivity contribution is 7.90. The van der Waals surface area contributed by atoms with E-state index in [0.717, 1.165) is 11.3 Å². The third-order valence-electron chi connectivity index (χ3n) is 2.25. The molecule has 4 heteroatoms. The van der Waals surface area contributed by atoms with Crippen LogP contribution in [0.1, 0.15) is 25.3 Å². The highest BCUT2D eigenvalue weighted by Gasteiger charge is 2.08. The summed E-state index contributed by atoms with van der Waals surface area (Å²) in [5.41, 5.74) is 1.11. The second kappa shape index (κ2) is 5.34. The molecule has 0 saturated carbocycles. The van der Waals surface area contributed by atoms with E-state index in [0.29, 0.717) is 5.92 Å². The first-order valence-electron chi connectivity index (χ1n) is 5.29. The van der Waals surface area contributed by atoms with E-state index in [1.807, 2.05) is 24.3 Å². The van der Waals surface area contributed by atoms with Gasteiger partial charge in [0.2, 0.25) is 0 Å². The lowest BCUT2D eigenvalue weighted by Crippen LogP contribution is -2.12. The van der Waals surface area contributed by atoms with Gasteiger partial charge in [0.05, 0.1) is 5.75 Å². The number of benzene rings is 1. The Kier molecular flexibility index (Phi) is 4.35. The second-order valence-electron chi connectivity index (χ2n) is 4.17. The van der Waals surface area contributed by atoms with Crippen molar-refractivity contribution >= 4 is 9.84 Å². The highest BCUT2D eigenvalue weighted by Crippen LogP contribution is 2.25. The molecule has 0 aliphatic rings. The predicted molar refractivity (Wildman–Crippen MR) is 65.7 cm³/mol. The molecule has 0 fully saturated rings. The highest BCUT2D eigenvalue weighted by atomic mass is 32.2. The molecule has 0 atom stereocenters. The lowest BCUT2D eigenvalue weighted by Gasteiger charge is -2.13. The molecule has 0 aliphatic carbocycles. The first-order valence-corrected chi connectivity index (χ1v) is 7.35. The summed E-state index contributed by atoms with van der Waals surface area (Å²) in [6.07, 6.45) is 1.21. The molecule has 0 N–H and O–H groups in total. The lowest BCUT2D eigenvalue weighted by molar-refractivity contribution is 0.336. The minimum Gasteiger partial charge on any atom is -0.492 e. The SMILES string of the molecule is CC(C)c1ccccc1OCCS(C)(=O)=O. The van der Waals surface area contributed by atoms with E-state index in [1.54, 1.807) is 0 Å². The zero-order chi connectivity index (χ0) is 12.2. The first-order chi connectivity index (χ1) is 7.40. The largest absolute Gasteiger partial charge is 0.492 e. The molecule has 0 aromatic heterocycles. The van der Waals surface area contributed by atoms with E-state index in [1.165, 1.54) is 6.26 Å². The van der Waals surface area contributed by atoms with E-state index in [2.05, 4.69) is 13.8 Å². The van der Waals surface area contributed by atoms with Crippen molar-refractivity contribution in [1.82, 2.24) is 0 Å². The Hall–Kier alpha value is -1.03. The van der Waals surface area contributed by atoms with Crippen LogP contribution in [0.15, 0.2) is 24.3 Å². The minimum atomic E-state index is -2.95.